The maximum atomic E-state index is 12.1. The zero-order valence-electron chi connectivity index (χ0n) is 26.4. The van der Waals surface area contributed by atoms with Gasteiger partial charge < -0.3 is 14.6 Å². The molecule has 1 N–H and O–H groups in total. The summed E-state index contributed by atoms with van der Waals surface area (Å²) in [6, 6.07) is 0. The molecular weight excluding hydrogens is 500 g/mol. The summed E-state index contributed by atoms with van der Waals surface area (Å²) in [6.45, 7) is 4.07. The van der Waals surface area contributed by atoms with E-state index in [0.29, 0.717) is 12.8 Å². The van der Waals surface area contributed by atoms with Crippen LogP contribution in [0.15, 0.2) is 24.3 Å². The third kappa shape index (κ3) is 29.4. The van der Waals surface area contributed by atoms with E-state index in [4.69, 9.17) is 9.47 Å². The van der Waals surface area contributed by atoms with Gasteiger partial charge in [-0.15, -0.1) is 0 Å². The Morgan fingerprint density at radius 1 is 0.575 bits per heavy atom. The van der Waals surface area contributed by atoms with E-state index in [0.717, 1.165) is 51.4 Å². The van der Waals surface area contributed by atoms with Gasteiger partial charge in [-0.2, -0.15) is 0 Å². The lowest BCUT2D eigenvalue weighted by Crippen LogP contribution is -2.28. The molecular formula is C35H64O5. The summed E-state index contributed by atoms with van der Waals surface area (Å²) in [5.74, 6) is -0.601. The predicted molar refractivity (Wildman–Crippen MR) is 168 cm³/mol. The highest BCUT2D eigenvalue weighted by atomic mass is 16.6. The Morgan fingerprint density at radius 3 is 1.52 bits per heavy atom. The normalized spacial score (nSPS) is 12.4. The molecule has 0 saturated carbocycles. The molecule has 0 aliphatic heterocycles. The molecule has 0 radical (unpaired) electrons. The Labute approximate surface area is 247 Å². The largest absolute Gasteiger partial charge is 0.462 e. The second-order valence-corrected chi connectivity index (χ2v) is 11.2. The van der Waals surface area contributed by atoms with E-state index < -0.39 is 6.10 Å². The van der Waals surface area contributed by atoms with Crippen molar-refractivity contribution in [3.8, 4) is 0 Å². The van der Waals surface area contributed by atoms with Crippen molar-refractivity contribution in [2.24, 2.45) is 0 Å². The highest BCUT2D eigenvalue weighted by Gasteiger charge is 2.16. The van der Waals surface area contributed by atoms with E-state index in [-0.39, 0.29) is 25.2 Å². The van der Waals surface area contributed by atoms with E-state index in [1.807, 2.05) is 0 Å². The summed E-state index contributed by atoms with van der Waals surface area (Å²) in [5, 5.41) is 9.48. The van der Waals surface area contributed by atoms with Crippen molar-refractivity contribution in [1.29, 1.82) is 0 Å². The summed E-state index contributed by atoms with van der Waals surface area (Å²) in [4.78, 5) is 24.0. The number of carbonyl (C=O) groups excluding carboxylic acids is 2. The summed E-state index contributed by atoms with van der Waals surface area (Å²) in [7, 11) is 0. The van der Waals surface area contributed by atoms with Gasteiger partial charge in [-0.05, 0) is 44.9 Å². The molecule has 5 heteroatoms. The first-order chi connectivity index (χ1) is 19.6. The van der Waals surface area contributed by atoms with Gasteiger partial charge in [0.25, 0.3) is 0 Å². The van der Waals surface area contributed by atoms with Crippen LogP contribution >= 0.6 is 0 Å². The van der Waals surface area contributed by atoms with Crippen LogP contribution in [0.3, 0.4) is 0 Å². The Hall–Kier alpha value is -1.62. The molecule has 0 unspecified atom stereocenters. The van der Waals surface area contributed by atoms with E-state index in [9.17, 15) is 14.7 Å². The van der Waals surface area contributed by atoms with Crippen molar-refractivity contribution in [2.75, 3.05) is 13.2 Å². The fraction of sp³-hybridized carbons (Fsp3) is 0.829. The van der Waals surface area contributed by atoms with Gasteiger partial charge >= 0.3 is 11.9 Å². The van der Waals surface area contributed by atoms with Crippen LogP contribution in [-0.4, -0.2) is 36.4 Å². The number of aliphatic hydroxyl groups is 1. The molecule has 0 bridgehead atoms. The van der Waals surface area contributed by atoms with E-state index >= 15 is 0 Å². The molecule has 40 heavy (non-hydrogen) atoms. The van der Waals surface area contributed by atoms with Crippen molar-refractivity contribution in [3.05, 3.63) is 24.3 Å². The van der Waals surface area contributed by atoms with Crippen LogP contribution in [0.4, 0.5) is 0 Å². The van der Waals surface area contributed by atoms with Gasteiger partial charge in [0.15, 0.2) is 6.10 Å². The zero-order valence-corrected chi connectivity index (χ0v) is 26.4. The molecule has 0 spiro atoms. The number of esters is 2. The minimum Gasteiger partial charge on any atom is -0.462 e. The average molecular weight is 565 g/mol. The highest BCUT2D eigenvalue weighted by molar-refractivity contribution is 5.70. The smallest absolute Gasteiger partial charge is 0.306 e. The maximum absolute atomic E-state index is 12.1. The van der Waals surface area contributed by atoms with E-state index in [1.165, 1.54) is 89.9 Å². The molecule has 0 aromatic heterocycles. The van der Waals surface area contributed by atoms with Crippen LogP contribution in [0.25, 0.3) is 0 Å². The molecule has 0 heterocycles. The van der Waals surface area contributed by atoms with Gasteiger partial charge in [0.05, 0.1) is 6.61 Å². The van der Waals surface area contributed by atoms with Crippen LogP contribution in [0.2, 0.25) is 0 Å². The standard InChI is InChI=1S/C35H64O5/c1-3-5-7-9-11-13-14-15-16-17-18-19-20-22-24-26-28-30-35(38)40-33(31-36)32-39-34(37)29-27-25-23-21-12-10-8-6-4-2/h11,13,15-16,33,36H,3-10,12,14,17-32H2,1-2H3/b13-11+,16-15+/t33-/m0/s1. The number of hydrogen-bond donors (Lipinski definition) is 1. The molecule has 0 fully saturated rings. The van der Waals surface area contributed by atoms with Gasteiger partial charge in [0.2, 0.25) is 0 Å². The number of allylic oxidation sites excluding steroid dienone is 4. The monoisotopic (exact) mass is 564 g/mol. The first-order valence-corrected chi connectivity index (χ1v) is 16.9. The molecule has 1 atom stereocenters. The first kappa shape index (κ1) is 38.4. The molecule has 5 nitrogen and oxygen atoms in total. The van der Waals surface area contributed by atoms with Gasteiger partial charge in [0, 0.05) is 12.8 Å². The molecule has 0 aliphatic carbocycles. The molecule has 0 amide bonds. The fourth-order valence-electron chi connectivity index (χ4n) is 4.64. The van der Waals surface area contributed by atoms with Crippen molar-refractivity contribution in [1.82, 2.24) is 0 Å². The number of unbranched alkanes of at least 4 members (excludes halogenated alkanes) is 18. The van der Waals surface area contributed by atoms with Gasteiger partial charge in [0.1, 0.15) is 6.61 Å². The first-order valence-electron chi connectivity index (χ1n) is 16.9. The highest BCUT2D eigenvalue weighted by Crippen LogP contribution is 2.12. The third-order valence-electron chi connectivity index (χ3n) is 7.25. The third-order valence-corrected chi connectivity index (χ3v) is 7.25. The lowest BCUT2D eigenvalue weighted by molar-refractivity contribution is -0.161. The molecule has 0 aromatic rings. The number of rotatable bonds is 30. The maximum Gasteiger partial charge on any atom is 0.306 e. The second kappa shape index (κ2) is 31.9. The SMILES string of the molecule is CCCCC/C=C/C/C=C/CCCCCCCCCC(=O)O[C@@H](CO)COC(=O)CCCCCCCCCCC. The van der Waals surface area contributed by atoms with Crippen LogP contribution < -0.4 is 0 Å². The number of ether oxygens (including phenoxy) is 2. The summed E-state index contributed by atoms with van der Waals surface area (Å²) in [5.41, 5.74) is 0. The fourth-order valence-corrected chi connectivity index (χ4v) is 4.64. The topological polar surface area (TPSA) is 72.8 Å². The number of hydrogen-bond acceptors (Lipinski definition) is 5. The van der Waals surface area contributed by atoms with Gasteiger partial charge in [-0.25, -0.2) is 0 Å². The number of aliphatic hydroxyl groups excluding tert-OH is 1. The van der Waals surface area contributed by atoms with E-state index in [1.54, 1.807) is 0 Å². The van der Waals surface area contributed by atoms with Crippen molar-refractivity contribution >= 4 is 11.9 Å². The molecule has 0 rings (SSSR count). The minimum absolute atomic E-state index is 0.0660. The summed E-state index contributed by atoms with van der Waals surface area (Å²) < 4.78 is 10.5. The number of carbonyl (C=O) groups is 2. The summed E-state index contributed by atoms with van der Waals surface area (Å²) >= 11 is 0. The van der Waals surface area contributed by atoms with Crippen molar-refractivity contribution in [2.45, 2.75) is 174 Å². The minimum atomic E-state index is -0.768. The second-order valence-electron chi connectivity index (χ2n) is 11.2. The van der Waals surface area contributed by atoms with Crippen LogP contribution in [-0.2, 0) is 19.1 Å². The lowest BCUT2D eigenvalue weighted by Gasteiger charge is -2.15. The lowest BCUT2D eigenvalue weighted by atomic mass is 10.1. The zero-order chi connectivity index (χ0) is 29.4. The summed E-state index contributed by atoms with van der Waals surface area (Å²) in [6.07, 6.45) is 35.2. The Morgan fingerprint density at radius 2 is 1.00 bits per heavy atom. The Bertz CT molecular complexity index is 613. The van der Waals surface area contributed by atoms with Crippen LogP contribution in [0, 0.1) is 0 Å². The molecule has 0 aliphatic rings. The predicted octanol–water partition coefficient (Wildman–Crippen LogP) is 9.95. The van der Waals surface area contributed by atoms with Crippen molar-refractivity contribution < 1.29 is 24.2 Å². The van der Waals surface area contributed by atoms with Crippen LogP contribution in [0.1, 0.15) is 168 Å². The molecule has 0 saturated heterocycles. The Kier molecular flexibility index (Phi) is 30.6. The van der Waals surface area contributed by atoms with Gasteiger partial charge in [-0.3, -0.25) is 9.59 Å². The molecule has 0 aromatic carbocycles. The van der Waals surface area contributed by atoms with Crippen LogP contribution in [0.5, 0.6) is 0 Å². The van der Waals surface area contributed by atoms with Crippen molar-refractivity contribution in [3.63, 3.8) is 0 Å². The average Bonchev–Trinajstić information content (AvgIpc) is 2.96. The van der Waals surface area contributed by atoms with E-state index in [2.05, 4.69) is 38.2 Å². The molecule has 234 valence electrons. The Balaban J connectivity index is 3.58. The quantitative estimate of drug-likeness (QED) is 0.0534. The van der Waals surface area contributed by atoms with Gasteiger partial charge in [-0.1, -0.05) is 134 Å².